The normalized spacial score (nSPS) is 13.2. The van der Waals surface area contributed by atoms with Gasteiger partial charge in [-0.2, -0.15) is 0 Å². The number of hydrogen-bond donors (Lipinski definition) is 2. The maximum absolute atomic E-state index is 11.9. The molecule has 0 bridgehead atoms. The lowest BCUT2D eigenvalue weighted by molar-refractivity contribution is -0.116. The minimum absolute atomic E-state index is 0.000308. The van der Waals surface area contributed by atoms with Gasteiger partial charge in [0, 0.05) is 29.4 Å². The van der Waals surface area contributed by atoms with Gasteiger partial charge in [0.25, 0.3) is 0 Å². The van der Waals surface area contributed by atoms with E-state index >= 15 is 0 Å². The molecule has 0 radical (unpaired) electrons. The smallest absolute Gasteiger partial charge is 0.226 e. The average Bonchev–Trinajstić information content (AvgIpc) is 2.99. The van der Waals surface area contributed by atoms with E-state index in [-0.39, 0.29) is 5.91 Å². The number of carbonyl (C=O) groups is 1. The Balaban J connectivity index is 1.53. The Kier molecular flexibility index (Phi) is 4.00. The Morgan fingerprint density at radius 3 is 2.90 bits per heavy atom. The summed E-state index contributed by atoms with van der Waals surface area (Å²) >= 11 is 7.38. The van der Waals surface area contributed by atoms with Gasteiger partial charge in [-0.15, -0.1) is 11.3 Å². The molecule has 104 valence electrons. The van der Waals surface area contributed by atoms with Crippen LogP contribution in [0.4, 0.5) is 5.13 Å². The molecular formula is C14H14ClN3OS. The van der Waals surface area contributed by atoms with Crippen molar-refractivity contribution in [3.63, 3.8) is 0 Å². The van der Waals surface area contributed by atoms with Crippen LogP contribution in [-0.2, 0) is 24.3 Å². The van der Waals surface area contributed by atoms with Crippen LogP contribution < -0.4 is 10.6 Å². The minimum atomic E-state index is 0.000308. The van der Waals surface area contributed by atoms with Crippen LogP contribution >= 0.6 is 22.9 Å². The summed E-state index contributed by atoms with van der Waals surface area (Å²) in [6.45, 7) is 1.65. The minimum Gasteiger partial charge on any atom is -0.306 e. The number of fused-ring (bicyclic) bond motifs is 1. The summed E-state index contributed by atoms with van der Waals surface area (Å²) in [7, 11) is 0. The number of carbonyl (C=O) groups excluding carboxylic acids is 1. The zero-order valence-corrected chi connectivity index (χ0v) is 12.4. The zero-order valence-electron chi connectivity index (χ0n) is 10.8. The molecule has 0 saturated carbocycles. The second-order valence-electron chi connectivity index (χ2n) is 4.67. The van der Waals surface area contributed by atoms with Crippen molar-refractivity contribution in [2.75, 3.05) is 5.32 Å². The molecule has 1 aliphatic heterocycles. The number of thiazole rings is 1. The van der Waals surface area contributed by atoms with Crippen molar-refractivity contribution in [3.05, 3.63) is 45.4 Å². The number of aromatic nitrogens is 1. The van der Waals surface area contributed by atoms with Gasteiger partial charge in [-0.05, 0) is 24.1 Å². The Hall–Kier alpha value is -1.43. The third-order valence-corrected chi connectivity index (χ3v) is 4.42. The van der Waals surface area contributed by atoms with Crippen LogP contribution in [0.3, 0.4) is 0 Å². The number of benzene rings is 1. The summed E-state index contributed by atoms with van der Waals surface area (Å²) < 4.78 is 0. The maximum Gasteiger partial charge on any atom is 0.226 e. The third-order valence-electron chi connectivity index (χ3n) is 3.16. The molecule has 0 unspecified atom stereocenters. The Bertz CT molecular complexity index is 602. The summed E-state index contributed by atoms with van der Waals surface area (Å²) in [5, 5.41) is 7.51. The number of halogens is 1. The van der Waals surface area contributed by atoms with Crippen molar-refractivity contribution in [1.82, 2.24) is 10.3 Å². The molecule has 1 aromatic heterocycles. The molecule has 6 heteroatoms. The van der Waals surface area contributed by atoms with E-state index in [1.807, 2.05) is 24.3 Å². The second kappa shape index (κ2) is 5.91. The van der Waals surface area contributed by atoms with Crippen molar-refractivity contribution >= 4 is 34.0 Å². The van der Waals surface area contributed by atoms with Gasteiger partial charge in [-0.25, -0.2) is 4.98 Å². The van der Waals surface area contributed by atoms with Gasteiger partial charge in [0.2, 0.25) is 5.91 Å². The van der Waals surface area contributed by atoms with Crippen LogP contribution in [0.15, 0.2) is 24.3 Å². The van der Waals surface area contributed by atoms with E-state index in [1.54, 1.807) is 11.3 Å². The third kappa shape index (κ3) is 3.17. The fourth-order valence-electron chi connectivity index (χ4n) is 2.10. The molecule has 1 aliphatic rings. The van der Waals surface area contributed by atoms with E-state index < -0.39 is 0 Å². The maximum atomic E-state index is 11.9. The molecular weight excluding hydrogens is 294 g/mol. The average molecular weight is 308 g/mol. The summed E-state index contributed by atoms with van der Waals surface area (Å²) in [5.74, 6) is 0.000308. The number of anilines is 1. The van der Waals surface area contributed by atoms with E-state index in [4.69, 9.17) is 11.6 Å². The summed E-state index contributed by atoms with van der Waals surface area (Å²) in [6.07, 6.45) is 1.15. The fraction of sp³-hybridized carbons (Fsp3) is 0.286. The van der Waals surface area contributed by atoms with Gasteiger partial charge in [0.1, 0.15) is 0 Å². The lowest BCUT2D eigenvalue weighted by Gasteiger charge is -2.02. The van der Waals surface area contributed by atoms with Crippen molar-refractivity contribution < 1.29 is 4.79 Å². The molecule has 0 atom stereocenters. The SMILES string of the molecule is O=C(CCc1ccc(Cl)cc1)Nc1nc2c(s1)CNC2. The lowest BCUT2D eigenvalue weighted by atomic mass is 10.1. The van der Waals surface area contributed by atoms with Gasteiger partial charge >= 0.3 is 0 Å². The van der Waals surface area contributed by atoms with Gasteiger partial charge in [-0.3, -0.25) is 4.79 Å². The van der Waals surface area contributed by atoms with Crippen molar-refractivity contribution in [2.45, 2.75) is 25.9 Å². The predicted molar refractivity (Wildman–Crippen MR) is 81.1 cm³/mol. The van der Waals surface area contributed by atoms with Crippen molar-refractivity contribution in [3.8, 4) is 0 Å². The molecule has 1 amide bonds. The monoisotopic (exact) mass is 307 g/mol. The highest BCUT2D eigenvalue weighted by atomic mass is 35.5. The highest BCUT2D eigenvalue weighted by Gasteiger charge is 2.17. The standard InChI is InChI=1S/C14H14ClN3OS/c15-10-4-1-9(2-5-10)3-6-13(19)18-14-17-11-7-16-8-12(11)20-14/h1-2,4-5,16H,3,6-8H2,(H,17,18,19). The van der Waals surface area contributed by atoms with Gasteiger partial charge < -0.3 is 10.6 Å². The Morgan fingerprint density at radius 1 is 1.35 bits per heavy atom. The van der Waals surface area contributed by atoms with Crippen LogP contribution in [0.1, 0.15) is 22.6 Å². The fourth-order valence-corrected chi connectivity index (χ4v) is 3.19. The van der Waals surface area contributed by atoms with Crippen molar-refractivity contribution in [1.29, 1.82) is 0 Å². The Labute approximate surface area is 126 Å². The van der Waals surface area contributed by atoms with Gasteiger partial charge in [-0.1, -0.05) is 23.7 Å². The van der Waals surface area contributed by atoms with Gasteiger partial charge in [0.15, 0.2) is 5.13 Å². The molecule has 0 aliphatic carbocycles. The molecule has 0 spiro atoms. The number of aryl methyl sites for hydroxylation is 1. The first-order valence-corrected chi connectivity index (χ1v) is 7.64. The number of amides is 1. The predicted octanol–water partition coefficient (Wildman–Crippen LogP) is 2.97. The first kappa shape index (κ1) is 13.5. The molecule has 2 heterocycles. The number of nitrogens with zero attached hydrogens (tertiary/aromatic N) is 1. The molecule has 20 heavy (non-hydrogen) atoms. The molecule has 0 fully saturated rings. The first-order valence-electron chi connectivity index (χ1n) is 6.44. The van der Waals surface area contributed by atoms with Crippen LogP contribution in [0, 0.1) is 0 Å². The largest absolute Gasteiger partial charge is 0.306 e. The number of nitrogens with one attached hydrogen (secondary N) is 2. The van der Waals surface area contributed by atoms with Crippen molar-refractivity contribution in [2.24, 2.45) is 0 Å². The van der Waals surface area contributed by atoms with Crippen LogP contribution in [-0.4, -0.2) is 10.9 Å². The zero-order chi connectivity index (χ0) is 13.9. The van der Waals surface area contributed by atoms with Crippen LogP contribution in [0.5, 0.6) is 0 Å². The van der Waals surface area contributed by atoms with E-state index in [0.717, 1.165) is 24.3 Å². The summed E-state index contributed by atoms with van der Waals surface area (Å²) in [5.41, 5.74) is 2.17. The molecule has 2 N–H and O–H groups in total. The molecule has 2 aromatic rings. The quantitative estimate of drug-likeness (QED) is 0.913. The second-order valence-corrected chi connectivity index (χ2v) is 6.19. The first-order chi connectivity index (χ1) is 9.70. The van der Waals surface area contributed by atoms with Gasteiger partial charge in [0.05, 0.1) is 5.69 Å². The molecule has 4 nitrogen and oxygen atoms in total. The van der Waals surface area contributed by atoms with E-state index in [9.17, 15) is 4.79 Å². The van der Waals surface area contributed by atoms with Crippen LogP contribution in [0.25, 0.3) is 0 Å². The summed E-state index contributed by atoms with van der Waals surface area (Å²) in [6, 6.07) is 7.57. The number of hydrogen-bond acceptors (Lipinski definition) is 4. The molecule has 3 rings (SSSR count). The molecule has 1 aromatic carbocycles. The van der Waals surface area contributed by atoms with E-state index in [2.05, 4.69) is 15.6 Å². The Morgan fingerprint density at radius 2 is 2.15 bits per heavy atom. The topological polar surface area (TPSA) is 54.0 Å². The molecule has 0 saturated heterocycles. The van der Waals surface area contributed by atoms with Crippen LogP contribution in [0.2, 0.25) is 5.02 Å². The van der Waals surface area contributed by atoms with E-state index in [0.29, 0.717) is 23.0 Å². The highest BCUT2D eigenvalue weighted by molar-refractivity contribution is 7.15. The number of rotatable bonds is 4. The summed E-state index contributed by atoms with van der Waals surface area (Å²) in [4.78, 5) is 17.5. The highest BCUT2D eigenvalue weighted by Crippen LogP contribution is 2.26. The lowest BCUT2D eigenvalue weighted by Crippen LogP contribution is -2.12. The van der Waals surface area contributed by atoms with E-state index in [1.165, 1.54) is 4.88 Å².